The zero-order valence-corrected chi connectivity index (χ0v) is 20.7. The zero-order chi connectivity index (χ0) is 24.1. The molecular weight excluding hydrogens is 442 g/mol. The highest BCUT2D eigenvalue weighted by molar-refractivity contribution is 7.21. The van der Waals surface area contributed by atoms with Gasteiger partial charge in [0, 0.05) is 49.0 Å². The van der Waals surface area contributed by atoms with E-state index in [-0.39, 0.29) is 5.91 Å². The van der Waals surface area contributed by atoms with Crippen LogP contribution in [-0.4, -0.2) is 44.6 Å². The number of aryl methyl sites for hydroxylation is 1. The maximum Gasteiger partial charge on any atom is 0.263 e. The number of nitrogens with two attached hydrogens (primary N) is 1. The molecule has 0 unspecified atom stereocenters. The van der Waals surface area contributed by atoms with Crippen LogP contribution in [0, 0.1) is 6.92 Å². The Balaban J connectivity index is 1.49. The van der Waals surface area contributed by atoms with Crippen LogP contribution in [0.4, 0.5) is 11.4 Å². The van der Waals surface area contributed by atoms with Gasteiger partial charge < -0.3 is 21.3 Å². The molecule has 4 rings (SSSR count). The first kappa shape index (κ1) is 23.7. The first-order chi connectivity index (χ1) is 16.5. The van der Waals surface area contributed by atoms with Gasteiger partial charge in [-0.3, -0.25) is 4.79 Å². The molecule has 0 bridgehead atoms. The van der Waals surface area contributed by atoms with Gasteiger partial charge in [-0.15, -0.1) is 11.3 Å². The van der Waals surface area contributed by atoms with Crippen LogP contribution >= 0.6 is 11.3 Å². The summed E-state index contributed by atoms with van der Waals surface area (Å²) in [5.74, 6) is -0.148. The van der Waals surface area contributed by atoms with Crippen LogP contribution in [0.25, 0.3) is 21.3 Å². The second-order valence-electron chi connectivity index (χ2n) is 8.40. The summed E-state index contributed by atoms with van der Waals surface area (Å²) in [7, 11) is 4.08. The number of aromatic nitrogens is 1. The summed E-state index contributed by atoms with van der Waals surface area (Å²) in [6, 6.07) is 20.8. The lowest BCUT2D eigenvalue weighted by atomic mass is 9.99. The van der Waals surface area contributed by atoms with Crippen LogP contribution < -0.4 is 21.3 Å². The normalized spacial score (nSPS) is 11.0. The van der Waals surface area contributed by atoms with Crippen molar-refractivity contribution in [3.8, 4) is 11.1 Å². The van der Waals surface area contributed by atoms with Crippen LogP contribution in [0.2, 0.25) is 0 Å². The number of anilines is 2. The van der Waals surface area contributed by atoms with Gasteiger partial charge in [0.2, 0.25) is 0 Å². The van der Waals surface area contributed by atoms with E-state index >= 15 is 0 Å². The number of fused-ring (bicyclic) bond motifs is 1. The Bertz CT molecular complexity index is 1290. The van der Waals surface area contributed by atoms with Gasteiger partial charge >= 0.3 is 0 Å². The third kappa shape index (κ3) is 5.21. The second kappa shape index (κ2) is 10.7. The topological polar surface area (TPSA) is 83.3 Å². The van der Waals surface area contributed by atoms with E-state index in [1.165, 1.54) is 33.7 Å². The van der Waals surface area contributed by atoms with E-state index in [0.717, 1.165) is 35.4 Å². The molecule has 2 heterocycles. The molecule has 0 aliphatic carbocycles. The molecule has 6 nitrogen and oxygen atoms in total. The van der Waals surface area contributed by atoms with Crippen LogP contribution in [0.5, 0.6) is 0 Å². The second-order valence-corrected chi connectivity index (χ2v) is 9.40. The van der Waals surface area contributed by atoms with Crippen LogP contribution in [0.15, 0.2) is 60.7 Å². The summed E-state index contributed by atoms with van der Waals surface area (Å²) >= 11 is 1.34. The predicted molar refractivity (Wildman–Crippen MR) is 144 cm³/mol. The van der Waals surface area contributed by atoms with E-state index < -0.39 is 0 Å². The highest BCUT2D eigenvalue weighted by atomic mass is 32.1. The number of likely N-dealkylation sites (N-methyl/N-ethyl adjacent to an activating group) is 2. The van der Waals surface area contributed by atoms with Crippen molar-refractivity contribution < 1.29 is 4.79 Å². The van der Waals surface area contributed by atoms with Crippen molar-refractivity contribution in [3.05, 3.63) is 76.8 Å². The summed E-state index contributed by atoms with van der Waals surface area (Å²) in [5.41, 5.74) is 12.4. The van der Waals surface area contributed by atoms with E-state index in [9.17, 15) is 4.79 Å². The molecule has 0 aliphatic rings. The van der Waals surface area contributed by atoms with Gasteiger partial charge in [0.25, 0.3) is 5.91 Å². The van der Waals surface area contributed by atoms with Crippen molar-refractivity contribution in [2.75, 3.05) is 44.4 Å². The summed E-state index contributed by atoms with van der Waals surface area (Å²) in [4.78, 5) is 20.9. The molecule has 0 saturated heterocycles. The first-order valence-electron chi connectivity index (χ1n) is 11.5. The van der Waals surface area contributed by atoms with E-state index in [2.05, 4.69) is 70.0 Å². The van der Waals surface area contributed by atoms with Crippen molar-refractivity contribution in [2.24, 2.45) is 0 Å². The lowest BCUT2D eigenvalue weighted by Gasteiger charge is -2.23. The number of pyridine rings is 1. The standard InChI is InChI=1S/C27H31N5OS/c1-18-9-11-21-24(28)25(34-27(21)31-18)26(33)30-14-13-19-10-12-23(32(3)16-15-29-2)22(17-19)20-7-5-4-6-8-20/h4-12,17,29H,13-16,28H2,1-3H3,(H,30,33). The maximum atomic E-state index is 12.8. The van der Waals surface area contributed by atoms with Crippen molar-refractivity contribution in [1.29, 1.82) is 0 Å². The number of nitrogens with zero attached hydrogens (tertiary/aromatic N) is 2. The minimum atomic E-state index is -0.148. The van der Waals surface area contributed by atoms with Crippen molar-refractivity contribution in [1.82, 2.24) is 15.6 Å². The molecule has 2 aromatic carbocycles. The predicted octanol–water partition coefficient (Wildman–Crippen LogP) is 4.48. The van der Waals surface area contributed by atoms with Gasteiger partial charge in [0.1, 0.15) is 9.71 Å². The number of thiophene rings is 1. The van der Waals surface area contributed by atoms with Crippen LogP contribution in [0.3, 0.4) is 0 Å². The number of hydrogen-bond donors (Lipinski definition) is 3. The monoisotopic (exact) mass is 473 g/mol. The molecular formula is C27H31N5OS. The Morgan fingerprint density at radius 2 is 1.88 bits per heavy atom. The SMILES string of the molecule is CNCCN(C)c1ccc(CCNC(=O)c2sc3nc(C)ccc3c2N)cc1-c1ccccc1. The number of nitrogens with one attached hydrogen (secondary N) is 2. The van der Waals surface area contributed by atoms with Gasteiger partial charge in [-0.05, 0) is 55.8 Å². The average molecular weight is 474 g/mol. The average Bonchev–Trinajstić information content (AvgIpc) is 3.18. The number of carbonyl (C=O) groups is 1. The summed E-state index contributed by atoms with van der Waals surface area (Å²) in [6.45, 7) is 4.29. The number of carbonyl (C=O) groups excluding carboxylic acids is 1. The fourth-order valence-corrected chi connectivity index (χ4v) is 5.04. The van der Waals surface area contributed by atoms with Crippen molar-refractivity contribution >= 4 is 38.8 Å². The molecule has 7 heteroatoms. The Kier molecular flexibility index (Phi) is 7.45. The number of hydrogen-bond acceptors (Lipinski definition) is 6. The Labute approximate surface area is 204 Å². The highest BCUT2D eigenvalue weighted by Crippen LogP contribution is 2.33. The smallest absolute Gasteiger partial charge is 0.263 e. The fourth-order valence-electron chi connectivity index (χ4n) is 3.98. The molecule has 4 N–H and O–H groups in total. The Hall–Kier alpha value is -3.42. The summed E-state index contributed by atoms with van der Waals surface area (Å²) in [6.07, 6.45) is 0.730. The molecule has 1 amide bonds. The summed E-state index contributed by atoms with van der Waals surface area (Å²) < 4.78 is 0. The minimum Gasteiger partial charge on any atom is -0.397 e. The molecule has 176 valence electrons. The van der Waals surface area contributed by atoms with Gasteiger partial charge in [-0.1, -0.05) is 36.4 Å². The van der Waals surface area contributed by atoms with E-state index in [4.69, 9.17) is 5.73 Å². The van der Waals surface area contributed by atoms with Gasteiger partial charge in [-0.25, -0.2) is 4.98 Å². The molecule has 0 aliphatic heterocycles. The van der Waals surface area contributed by atoms with E-state index in [1.807, 2.05) is 32.2 Å². The lowest BCUT2D eigenvalue weighted by molar-refractivity contribution is 0.0959. The third-order valence-electron chi connectivity index (χ3n) is 5.89. The lowest BCUT2D eigenvalue weighted by Crippen LogP contribution is -2.27. The van der Waals surface area contributed by atoms with Crippen molar-refractivity contribution in [3.63, 3.8) is 0 Å². The first-order valence-corrected chi connectivity index (χ1v) is 12.3. The van der Waals surface area contributed by atoms with E-state index in [0.29, 0.717) is 17.1 Å². The minimum absolute atomic E-state index is 0.148. The van der Waals surface area contributed by atoms with Gasteiger partial charge in [0.15, 0.2) is 0 Å². The quantitative estimate of drug-likeness (QED) is 0.334. The third-order valence-corrected chi connectivity index (χ3v) is 7.01. The van der Waals surface area contributed by atoms with Gasteiger partial charge in [0.05, 0.1) is 5.69 Å². The molecule has 0 atom stereocenters. The molecule has 4 aromatic rings. The fraction of sp³-hybridized carbons (Fsp3) is 0.259. The molecule has 2 aromatic heterocycles. The maximum absolute atomic E-state index is 12.8. The van der Waals surface area contributed by atoms with Crippen LogP contribution in [-0.2, 0) is 6.42 Å². The van der Waals surface area contributed by atoms with Crippen molar-refractivity contribution in [2.45, 2.75) is 13.3 Å². The Morgan fingerprint density at radius 3 is 2.65 bits per heavy atom. The number of benzene rings is 2. The van der Waals surface area contributed by atoms with E-state index in [1.54, 1.807) is 0 Å². The molecule has 34 heavy (non-hydrogen) atoms. The zero-order valence-electron chi connectivity index (χ0n) is 19.9. The molecule has 0 radical (unpaired) electrons. The summed E-state index contributed by atoms with van der Waals surface area (Å²) in [5, 5.41) is 7.08. The van der Waals surface area contributed by atoms with Crippen LogP contribution in [0.1, 0.15) is 20.9 Å². The number of amides is 1. The molecule has 0 fully saturated rings. The molecule has 0 spiro atoms. The number of nitrogen functional groups attached to an aromatic ring is 1. The largest absolute Gasteiger partial charge is 0.397 e. The Morgan fingerprint density at radius 1 is 1.09 bits per heavy atom. The highest BCUT2D eigenvalue weighted by Gasteiger charge is 2.17. The number of rotatable bonds is 9. The molecule has 0 saturated carbocycles. The van der Waals surface area contributed by atoms with Gasteiger partial charge in [-0.2, -0.15) is 0 Å².